The molecule has 0 spiro atoms. The van der Waals surface area contributed by atoms with Crippen LogP contribution in [0.15, 0.2) is 71.7 Å². The first-order chi connectivity index (χ1) is 17.3. The number of benzene rings is 2. The van der Waals surface area contributed by atoms with E-state index in [1.54, 1.807) is 24.3 Å². The first-order valence-electron chi connectivity index (χ1n) is 11.6. The molecule has 0 amide bonds. The van der Waals surface area contributed by atoms with Crippen LogP contribution in [0.25, 0.3) is 22.0 Å². The van der Waals surface area contributed by atoms with Gasteiger partial charge in [0.05, 0.1) is 23.3 Å². The molecule has 10 heteroatoms. The third-order valence-corrected chi connectivity index (χ3v) is 6.31. The normalized spacial score (nSPS) is 15.3. The van der Waals surface area contributed by atoms with E-state index >= 15 is 0 Å². The molecule has 0 unspecified atom stereocenters. The minimum Gasteiger partial charge on any atom is -0.355 e. The number of halogens is 4. The third-order valence-electron chi connectivity index (χ3n) is 6.31. The lowest BCUT2D eigenvalue weighted by atomic mass is 10.1. The molecular weight excluding hydrogens is 474 g/mol. The number of alkyl halides is 3. The monoisotopic (exact) mass is 497 g/mol. The Morgan fingerprint density at radius 2 is 1.61 bits per heavy atom. The van der Waals surface area contributed by atoms with Crippen LogP contribution in [0, 0.1) is 5.82 Å². The summed E-state index contributed by atoms with van der Waals surface area (Å²) in [7, 11) is 0. The van der Waals surface area contributed by atoms with Crippen molar-refractivity contribution in [2.24, 2.45) is 0 Å². The van der Waals surface area contributed by atoms with E-state index in [1.165, 1.54) is 22.9 Å². The molecule has 1 saturated heterocycles. The smallest absolute Gasteiger partial charge is 0.355 e. The largest absolute Gasteiger partial charge is 0.417 e. The highest BCUT2D eigenvalue weighted by atomic mass is 19.4. The second-order valence-corrected chi connectivity index (χ2v) is 8.71. The summed E-state index contributed by atoms with van der Waals surface area (Å²) in [6, 6.07) is 15.6. The van der Waals surface area contributed by atoms with Crippen molar-refractivity contribution in [2.75, 3.05) is 31.1 Å². The molecule has 3 heterocycles. The fourth-order valence-electron chi connectivity index (χ4n) is 4.42. The van der Waals surface area contributed by atoms with E-state index in [0.717, 1.165) is 18.7 Å². The summed E-state index contributed by atoms with van der Waals surface area (Å²) in [6.07, 6.45) is -2.82. The quantitative estimate of drug-likeness (QED) is 0.380. The molecule has 0 saturated carbocycles. The fraction of sp³-hybridized carbons (Fsp3) is 0.269. The predicted molar refractivity (Wildman–Crippen MR) is 129 cm³/mol. The van der Waals surface area contributed by atoms with E-state index in [-0.39, 0.29) is 18.0 Å². The number of nitrogens with zero attached hydrogens (tertiary/aromatic N) is 5. The highest BCUT2D eigenvalue weighted by Crippen LogP contribution is 2.29. The van der Waals surface area contributed by atoms with Gasteiger partial charge >= 0.3 is 6.18 Å². The highest BCUT2D eigenvalue weighted by molar-refractivity contribution is 5.93. The van der Waals surface area contributed by atoms with Crippen LogP contribution in [0.3, 0.4) is 0 Å². The zero-order valence-electron chi connectivity index (χ0n) is 19.2. The van der Waals surface area contributed by atoms with Gasteiger partial charge < -0.3 is 4.90 Å². The first-order valence-corrected chi connectivity index (χ1v) is 11.6. The summed E-state index contributed by atoms with van der Waals surface area (Å²) >= 11 is 0. The summed E-state index contributed by atoms with van der Waals surface area (Å²) in [6.45, 7) is 2.70. The maximum atomic E-state index is 13.5. The Balaban J connectivity index is 1.38. The number of fused-ring (bicyclic) bond motifs is 1. The second kappa shape index (κ2) is 9.69. The molecule has 186 valence electrons. The van der Waals surface area contributed by atoms with Gasteiger partial charge in [0.25, 0.3) is 5.56 Å². The molecule has 1 fully saturated rings. The van der Waals surface area contributed by atoms with Gasteiger partial charge in [-0.2, -0.15) is 18.3 Å². The van der Waals surface area contributed by atoms with E-state index < -0.39 is 11.7 Å². The maximum absolute atomic E-state index is 13.5. The van der Waals surface area contributed by atoms with Gasteiger partial charge in [-0.3, -0.25) is 9.69 Å². The van der Waals surface area contributed by atoms with Crippen LogP contribution >= 0.6 is 0 Å². The van der Waals surface area contributed by atoms with Crippen molar-refractivity contribution >= 4 is 16.6 Å². The van der Waals surface area contributed by atoms with Crippen molar-refractivity contribution in [2.45, 2.75) is 19.3 Å². The van der Waals surface area contributed by atoms with Crippen molar-refractivity contribution in [3.05, 3.63) is 88.6 Å². The molecule has 2 aromatic carbocycles. The Morgan fingerprint density at radius 3 is 2.31 bits per heavy atom. The zero-order chi connectivity index (χ0) is 25.3. The van der Waals surface area contributed by atoms with E-state index in [2.05, 4.69) is 15.0 Å². The molecule has 5 rings (SSSR count). The lowest BCUT2D eigenvalue weighted by Gasteiger charge is -2.23. The SMILES string of the molecule is O=c1c2ccccc2c(-c2ccc(F)cc2)nn1CN1CCCN(c2ccc(C(F)(F)F)cn2)CC1. The molecular formula is C26H23F4N5O. The number of aromatic nitrogens is 3. The summed E-state index contributed by atoms with van der Waals surface area (Å²) < 4.78 is 53.5. The van der Waals surface area contributed by atoms with Crippen molar-refractivity contribution < 1.29 is 17.6 Å². The number of rotatable bonds is 4. The van der Waals surface area contributed by atoms with Crippen LogP contribution in [0.1, 0.15) is 12.0 Å². The van der Waals surface area contributed by atoms with Crippen LogP contribution in [0.5, 0.6) is 0 Å². The molecule has 0 bridgehead atoms. The van der Waals surface area contributed by atoms with Gasteiger partial charge in [-0.25, -0.2) is 14.1 Å². The molecule has 36 heavy (non-hydrogen) atoms. The second-order valence-electron chi connectivity index (χ2n) is 8.71. The number of hydrogen-bond acceptors (Lipinski definition) is 5. The van der Waals surface area contributed by atoms with Crippen molar-refractivity contribution in [1.82, 2.24) is 19.7 Å². The Bertz CT molecular complexity index is 1420. The van der Waals surface area contributed by atoms with Crippen molar-refractivity contribution in [3.63, 3.8) is 0 Å². The molecule has 2 aromatic heterocycles. The van der Waals surface area contributed by atoms with Gasteiger partial charge in [0, 0.05) is 43.3 Å². The molecule has 6 nitrogen and oxygen atoms in total. The Morgan fingerprint density at radius 1 is 0.861 bits per heavy atom. The van der Waals surface area contributed by atoms with Gasteiger partial charge in [0.2, 0.25) is 0 Å². The molecule has 1 aliphatic heterocycles. The molecule has 0 N–H and O–H groups in total. The average molecular weight is 497 g/mol. The van der Waals surface area contributed by atoms with E-state index in [1.807, 2.05) is 17.0 Å². The van der Waals surface area contributed by atoms with Crippen molar-refractivity contribution in [3.8, 4) is 11.3 Å². The van der Waals surface area contributed by atoms with Crippen LogP contribution in [0.2, 0.25) is 0 Å². The summed E-state index contributed by atoms with van der Waals surface area (Å²) in [5.74, 6) is 0.137. The lowest BCUT2D eigenvalue weighted by Crippen LogP contribution is -2.37. The third kappa shape index (κ3) is 4.94. The average Bonchev–Trinajstić information content (AvgIpc) is 3.11. The predicted octanol–water partition coefficient (Wildman–Crippen LogP) is 4.79. The Labute approximate surface area is 204 Å². The fourth-order valence-corrected chi connectivity index (χ4v) is 4.42. The minimum absolute atomic E-state index is 0.220. The van der Waals surface area contributed by atoms with Gasteiger partial charge in [0.15, 0.2) is 0 Å². The van der Waals surface area contributed by atoms with Crippen LogP contribution in [-0.4, -0.2) is 45.8 Å². The molecule has 0 aliphatic carbocycles. The van der Waals surface area contributed by atoms with E-state index in [4.69, 9.17) is 0 Å². The number of pyridine rings is 1. The number of hydrogen-bond donors (Lipinski definition) is 0. The van der Waals surface area contributed by atoms with E-state index in [9.17, 15) is 22.4 Å². The van der Waals surface area contributed by atoms with Crippen LogP contribution in [-0.2, 0) is 12.8 Å². The van der Waals surface area contributed by atoms with Gasteiger partial charge in [-0.05, 0) is 48.9 Å². The van der Waals surface area contributed by atoms with E-state index in [0.29, 0.717) is 54.0 Å². The molecule has 4 aromatic rings. The highest BCUT2D eigenvalue weighted by Gasteiger charge is 2.31. The van der Waals surface area contributed by atoms with Crippen LogP contribution < -0.4 is 10.5 Å². The van der Waals surface area contributed by atoms with Gasteiger partial charge in [-0.1, -0.05) is 18.2 Å². The van der Waals surface area contributed by atoms with Crippen LogP contribution in [0.4, 0.5) is 23.4 Å². The summed E-state index contributed by atoms with van der Waals surface area (Å²) in [5, 5.41) is 5.86. The summed E-state index contributed by atoms with van der Waals surface area (Å²) in [5.41, 5.74) is 0.302. The lowest BCUT2D eigenvalue weighted by molar-refractivity contribution is -0.137. The topological polar surface area (TPSA) is 54.3 Å². The maximum Gasteiger partial charge on any atom is 0.417 e. The number of anilines is 1. The summed E-state index contributed by atoms with van der Waals surface area (Å²) in [4.78, 5) is 21.3. The Hall–Kier alpha value is -3.79. The van der Waals surface area contributed by atoms with Gasteiger partial charge in [0.1, 0.15) is 11.6 Å². The molecule has 0 atom stereocenters. The Kier molecular flexibility index (Phi) is 6.44. The molecule has 0 radical (unpaired) electrons. The van der Waals surface area contributed by atoms with Gasteiger partial charge in [-0.15, -0.1) is 0 Å². The standard InChI is InChI=1S/C26H23F4N5O/c27-20-9-6-18(7-10-20)24-21-4-1-2-5-22(21)25(36)35(32-24)17-33-12-3-13-34(15-14-33)23-11-8-19(16-31-23)26(28,29)30/h1-2,4-11,16H,3,12-15,17H2. The van der Waals surface area contributed by atoms with Crippen molar-refractivity contribution in [1.29, 1.82) is 0 Å². The zero-order valence-corrected chi connectivity index (χ0v) is 19.2. The minimum atomic E-state index is -4.42. The first kappa shape index (κ1) is 23.9. The molecule has 1 aliphatic rings.